The number of hydrogen-bond donors (Lipinski definition) is 0. The van der Waals surface area contributed by atoms with Crippen molar-refractivity contribution in [3.05, 3.63) is 56.7 Å². The molecule has 1 heterocycles. The van der Waals surface area contributed by atoms with E-state index in [0.717, 1.165) is 10.3 Å². The highest BCUT2D eigenvalue weighted by Gasteiger charge is 2.25. The zero-order valence-electron chi connectivity index (χ0n) is 14.3. The Hall–Kier alpha value is -2.73. The minimum Gasteiger partial charge on any atom is -0.465 e. The second kappa shape index (κ2) is 6.29. The van der Waals surface area contributed by atoms with Crippen molar-refractivity contribution in [2.45, 2.75) is 13.8 Å². The predicted octanol–water partition coefficient (Wildman–Crippen LogP) is 3.60. The number of carbonyl (C=O) groups is 2. The molecule has 0 unspecified atom stereocenters. The summed E-state index contributed by atoms with van der Waals surface area (Å²) < 4.78 is 10.8. The number of carbonyl (C=O) groups excluding carboxylic acids is 2. The normalized spacial score (nSPS) is 10.9. The summed E-state index contributed by atoms with van der Waals surface area (Å²) in [5.41, 5.74) is 1.60. The second-order valence-corrected chi connectivity index (χ2v) is 6.79. The van der Waals surface area contributed by atoms with Gasteiger partial charge in [-0.15, -0.1) is 11.3 Å². The van der Waals surface area contributed by atoms with E-state index >= 15 is 0 Å². The van der Waals surface area contributed by atoms with Crippen LogP contribution in [0.1, 0.15) is 31.8 Å². The van der Waals surface area contributed by atoms with Gasteiger partial charge in [-0.05, 0) is 37.6 Å². The van der Waals surface area contributed by atoms with E-state index in [9.17, 15) is 14.4 Å². The Labute approximate surface area is 147 Å². The van der Waals surface area contributed by atoms with Gasteiger partial charge in [0, 0.05) is 15.5 Å². The Morgan fingerprint density at radius 1 is 1.00 bits per heavy atom. The number of hydrogen-bond acceptors (Lipinski definition) is 6. The van der Waals surface area contributed by atoms with E-state index in [1.54, 1.807) is 6.92 Å². The summed E-state index contributed by atoms with van der Waals surface area (Å²) in [5.74, 6) is -1.32. The molecule has 0 atom stereocenters. The Balaban J connectivity index is 2.58. The molecule has 0 bridgehead atoms. The predicted molar refractivity (Wildman–Crippen MR) is 97.8 cm³/mol. The second-order valence-electron chi connectivity index (χ2n) is 5.73. The fourth-order valence-corrected chi connectivity index (χ4v) is 4.17. The van der Waals surface area contributed by atoms with Crippen LogP contribution in [0.3, 0.4) is 0 Å². The van der Waals surface area contributed by atoms with E-state index in [0.29, 0.717) is 21.0 Å². The van der Waals surface area contributed by atoms with Gasteiger partial charge in [-0.25, -0.2) is 9.59 Å². The molecule has 5 nitrogen and oxygen atoms in total. The van der Waals surface area contributed by atoms with E-state index in [1.807, 2.05) is 25.1 Å². The van der Waals surface area contributed by atoms with Crippen LogP contribution >= 0.6 is 11.3 Å². The Bertz CT molecular complexity index is 1090. The summed E-state index contributed by atoms with van der Waals surface area (Å²) in [6, 6.07) is 7.09. The van der Waals surface area contributed by atoms with Gasteiger partial charge in [0.25, 0.3) is 0 Å². The van der Waals surface area contributed by atoms with E-state index in [-0.39, 0.29) is 16.6 Å². The van der Waals surface area contributed by atoms with Gasteiger partial charge in [0.05, 0.1) is 30.0 Å². The van der Waals surface area contributed by atoms with Crippen molar-refractivity contribution in [2.24, 2.45) is 0 Å². The van der Waals surface area contributed by atoms with Crippen LogP contribution in [0.15, 0.2) is 29.1 Å². The van der Waals surface area contributed by atoms with Gasteiger partial charge < -0.3 is 9.47 Å². The smallest absolute Gasteiger partial charge is 0.340 e. The minimum absolute atomic E-state index is 0.0690. The number of rotatable bonds is 2. The number of benzene rings is 2. The molecule has 0 radical (unpaired) electrons. The number of aryl methyl sites for hydroxylation is 2. The lowest BCUT2D eigenvalue weighted by atomic mass is 9.99. The van der Waals surface area contributed by atoms with Crippen molar-refractivity contribution in [3.63, 3.8) is 0 Å². The molecule has 25 heavy (non-hydrogen) atoms. The molecule has 0 saturated heterocycles. The fourth-order valence-electron chi connectivity index (χ4n) is 2.90. The molecule has 1 aromatic heterocycles. The van der Waals surface area contributed by atoms with Crippen LogP contribution in [-0.4, -0.2) is 26.2 Å². The molecule has 0 amide bonds. The Kier molecular flexibility index (Phi) is 4.30. The monoisotopic (exact) mass is 356 g/mol. The van der Waals surface area contributed by atoms with E-state index in [4.69, 9.17) is 9.47 Å². The summed E-state index contributed by atoms with van der Waals surface area (Å²) in [5, 5.41) is 1.03. The van der Waals surface area contributed by atoms with E-state index in [2.05, 4.69) is 0 Å². The maximum absolute atomic E-state index is 13.0. The van der Waals surface area contributed by atoms with Crippen LogP contribution in [0.25, 0.3) is 20.2 Å². The van der Waals surface area contributed by atoms with E-state index in [1.165, 1.54) is 31.6 Å². The molecule has 0 aliphatic rings. The third-order valence-electron chi connectivity index (χ3n) is 4.09. The van der Waals surface area contributed by atoms with Crippen molar-refractivity contribution in [3.8, 4) is 0 Å². The molecule has 3 rings (SSSR count). The summed E-state index contributed by atoms with van der Waals surface area (Å²) >= 11 is 1.29. The first-order chi connectivity index (χ1) is 11.9. The molecular weight excluding hydrogens is 340 g/mol. The Morgan fingerprint density at radius 2 is 1.68 bits per heavy atom. The largest absolute Gasteiger partial charge is 0.465 e. The van der Waals surface area contributed by atoms with Gasteiger partial charge >= 0.3 is 11.9 Å². The molecule has 0 aliphatic heterocycles. The van der Waals surface area contributed by atoms with Gasteiger partial charge in [0.1, 0.15) is 0 Å². The van der Waals surface area contributed by atoms with E-state index < -0.39 is 11.9 Å². The molecule has 6 heteroatoms. The molecular formula is C19H16O5S. The summed E-state index contributed by atoms with van der Waals surface area (Å²) in [7, 11) is 2.48. The van der Waals surface area contributed by atoms with Crippen LogP contribution in [0, 0.1) is 13.8 Å². The van der Waals surface area contributed by atoms with Crippen LogP contribution in [0.2, 0.25) is 0 Å². The highest BCUT2D eigenvalue weighted by molar-refractivity contribution is 7.25. The molecule has 2 aromatic carbocycles. The first-order valence-corrected chi connectivity index (χ1v) is 8.38. The van der Waals surface area contributed by atoms with Gasteiger partial charge in [0.2, 0.25) is 0 Å². The zero-order valence-corrected chi connectivity index (χ0v) is 15.1. The highest BCUT2D eigenvalue weighted by Crippen LogP contribution is 2.32. The van der Waals surface area contributed by atoms with Crippen LogP contribution < -0.4 is 5.43 Å². The molecule has 128 valence electrons. The highest BCUT2D eigenvalue weighted by atomic mass is 32.1. The lowest BCUT2D eigenvalue weighted by Gasteiger charge is -2.12. The molecule has 3 aromatic rings. The first kappa shape index (κ1) is 17.1. The van der Waals surface area contributed by atoms with Crippen molar-refractivity contribution >= 4 is 43.4 Å². The third kappa shape index (κ3) is 2.68. The van der Waals surface area contributed by atoms with Gasteiger partial charge in [0.15, 0.2) is 5.43 Å². The quantitative estimate of drug-likeness (QED) is 0.518. The van der Waals surface area contributed by atoms with Crippen LogP contribution in [0.5, 0.6) is 0 Å². The van der Waals surface area contributed by atoms with Crippen LogP contribution in [-0.2, 0) is 9.47 Å². The minimum atomic E-state index is -0.674. The fraction of sp³-hybridized carbons (Fsp3) is 0.211. The Morgan fingerprint density at radius 3 is 2.32 bits per heavy atom. The average molecular weight is 356 g/mol. The lowest BCUT2D eigenvalue weighted by molar-refractivity contribution is 0.0557. The molecule has 0 fully saturated rings. The van der Waals surface area contributed by atoms with Crippen molar-refractivity contribution < 1.29 is 19.1 Å². The number of ether oxygens (including phenoxy) is 2. The number of methoxy groups -OCH3 is 2. The summed E-state index contributed by atoms with van der Waals surface area (Å²) in [6.45, 7) is 3.66. The summed E-state index contributed by atoms with van der Waals surface area (Å²) in [4.78, 5) is 37.5. The molecule has 0 saturated carbocycles. The van der Waals surface area contributed by atoms with Crippen LogP contribution in [0.4, 0.5) is 0 Å². The average Bonchev–Trinajstić information content (AvgIpc) is 2.60. The third-order valence-corrected chi connectivity index (χ3v) is 5.28. The van der Waals surface area contributed by atoms with Gasteiger partial charge in [-0.2, -0.15) is 0 Å². The van der Waals surface area contributed by atoms with Gasteiger partial charge in [-0.3, -0.25) is 4.79 Å². The molecule has 0 N–H and O–H groups in total. The molecule has 0 aliphatic carbocycles. The maximum Gasteiger partial charge on any atom is 0.340 e. The van der Waals surface area contributed by atoms with Crippen molar-refractivity contribution in [1.29, 1.82) is 0 Å². The standard InChI is InChI=1S/C19H16O5S/c1-9-5-6-13-11(7-9)16(20)14-10(2)8-12(18(21)23-3)15(17(14)25-13)19(22)24-4/h5-8H,1-4H3. The van der Waals surface area contributed by atoms with Crippen molar-refractivity contribution in [1.82, 2.24) is 0 Å². The van der Waals surface area contributed by atoms with Gasteiger partial charge in [-0.1, -0.05) is 11.6 Å². The maximum atomic E-state index is 13.0. The number of fused-ring (bicyclic) bond motifs is 2. The lowest BCUT2D eigenvalue weighted by Crippen LogP contribution is -2.15. The van der Waals surface area contributed by atoms with Crippen molar-refractivity contribution in [2.75, 3.05) is 14.2 Å². The SMILES string of the molecule is COC(=O)c1cc(C)c2c(=O)c3cc(C)ccc3sc2c1C(=O)OC. The summed E-state index contributed by atoms with van der Waals surface area (Å²) in [6.07, 6.45) is 0. The topological polar surface area (TPSA) is 69.7 Å². The zero-order chi connectivity index (χ0) is 18.3. The molecule has 0 spiro atoms. The number of esters is 2. The first-order valence-electron chi connectivity index (χ1n) is 7.56.